The molecule has 0 radical (unpaired) electrons. The Kier molecular flexibility index (Phi) is 37.7. The molecule has 0 saturated carbocycles. The van der Waals surface area contributed by atoms with Crippen molar-refractivity contribution in [2.45, 2.75) is 243 Å². The van der Waals surface area contributed by atoms with Gasteiger partial charge in [-0.2, -0.15) is 0 Å². The minimum Gasteiger partial charge on any atom is -0.481 e. The van der Waals surface area contributed by atoms with Gasteiger partial charge in [0.1, 0.15) is 79.6 Å². The first-order valence-corrected chi connectivity index (χ1v) is 38.0. The molecule has 0 aliphatic carbocycles. The topological polar surface area (TPSA) is 545 Å². The van der Waals surface area contributed by atoms with Gasteiger partial charge in [-0.1, -0.05) is 111 Å². The van der Waals surface area contributed by atoms with Crippen LogP contribution in [0.15, 0.2) is 54.6 Å². The first-order chi connectivity index (χ1) is 54.1. The van der Waals surface area contributed by atoms with Crippen molar-refractivity contribution in [3.63, 3.8) is 0 Å². The molecule has 0 spiro atoms. The van der Waals surface area contributed by atoms with Gasteiger partial charge in [-0.3, -0.25) is 52.8 Å². The molecule has 3 aliphatic heterocycles. The number of aliphatic hydroxyl groups excluding tert-OH is 7. The zero-order valence-electron chi connectivity index (χ0n) is 67.8. The molecule has 38 nitrogen and oxygen atoms in total. The predicted octanol–water partition coefficient (Wildman–Crippen LogP) is -1.64. The number of amides is 10. The van der Waals surface area contributed by atoms with Gasteiger partial charge in [0.05, 0.1) is 68.9 Å². The largest absolute Gasteiger partial charge is 0.481 e. The Labute approximate surface area is 663 Å². The maximum Gasteiger partial charge on any atom is 0.410 e. The van der Waals surface area contributed by atoms with Gasteiger partial charge in [0, 0.05) is 61.3 Å². The van der Waals surface area contributed by atoms with Crippen molar-refractivity contribution >= 4 is 76.9 Å². The third kappa shape index (κ3) is 26.7. The number of hydrogen-bond donors (Lipinski definition) is 16. The number of rotatable bonds is 43. The summed E-state index contributed by atoms with van der Waals surface area (Å²) in [4.78, 5) is 165. The van der Waals surface area contributed by atoms with E-state index in [1.54, 1.807) is 97.7 Å². The smallest absolute Gasteiger partial charge is 0.410 e. The van der Waals surface area contributed by atoms with E-state index in [4.69, 9.17) is 39.6 Å². The number of ether oxygens (including phenoxy) is 7. The van der Waals surface area contributed by atoms with Crippen molar-refractivity contribution in [2.75, 3.05) is 66.5 Å². The molecule has 640 valence electrons. The maximum absolute atomic E-state index is 15.0. The van der Waals surface area contributed by atoms with Crippen molar-refractivity contribution < 1.29 is 138 Å². The molecule has 23 atom stereocenters. The second-order valence-corrected chi connectivity index (χ2v) is 29.9. The molecule has 38 heteroatoms. The number of anilines is 1. The van der Waals surface area contributed by atoms with Gasteiger partial charge >= 0.3 is 18.0 Å². The summed E-state index contributed by atoms with van der Waals surface area (Å²) < 4.78 is 48.0. The van der Waals surface area contributed by atoms with Crippen LogP contribution >= 0.6 is 0 Å². The molecule has 2 aromatic rings. The van der Waals surface area contributed by atoms with Gasteiger partial charge < -0.3 is 126 Å². The highest BCUT2D eigenvalue weighted by atomic mass is 16.7. The Balaban J connectivity index is 1.23. The third-order valence-electron chi connectivity index (χ3n) is 20.5. The summed E-state index contributed by atoms with van der Waals surface area (Å²) in [5.74, 6) is -12.3. The summed E-state index contributed by atoms with van der Waals surface area (Å²) in [7, 11) is 5.78. The quantitative estimate of drug-likeness (QED) is 0.0354. The molecule has 5 rings (SSSR count). The lowest BCUT2D eigenvalue weighted by atomic mass is 9.89. The van der Waals surface area contributed by atoms with Crippen LogP contribution in [0, 0.1) is 29.6 Å². The lowest BCUT2D eigenvalue weighted by Crippen LogP contribution is -2.61. The number of aliphatic carboxylic acids is 2. The second kappa shape index (κ2) is 45.6. The normalized spacial score (nSPS) is 24.3. The van der Waals surface area contributed by atoms with E-state index in [-0.39, 0.29) is 43.5 Å². The summed E-state index contributed by atoms with van der Waals surface area (Å²) in [6.07, 6.45) is -23.5. The van der Waals surface area contributed by atoms with E-state index in [0.29, 0.717) is 36.9 Å². The molecule has 3 aliphatic rings. The Morgan fingerprint density at radius 3 is 1.87 bits per heavy atom. The fraction of sp³-hybridized carbons (Fsp3) is 0.684. The summed E-state index contributed by atoms with van der Waals surface area (Å²) >= 11 is 0. The van der Waals surface area contributed by atoms with E-state index in [2.05, 4.69) is 37.2 Å². The Hall–Kier alpha value is -8.64. The van der Waals surface area contributed by atoms with Crippen LogP contribution < -0.4 is 37.2 Å². The van der Waals surface area contributed by atoms with E-state index in [1.165, 1.54) is 50.4 Å². The van der Waals surface area contributed by atoms with E-state index < -0.39 is 244 Å². The summed E-state index contributed by atoms with van der Waals surface area (Å²) in [5, 5.41) is 109. The fourth-order valence-electron chi connectivity index (χ4n) is 13.8. The van der Waals surface area contributed by atoms with Crippen LogP contribution in [0.5, 0.6) is 0 Å². The summed E-state index contributed by atoms with van der Waals surface area (Å²) in [6, 6.07) is 6.68. The summed E-state index contributed by atoms with van der Waals surface area (Å²) in [6.45, 7) is 14.5. The van der Waals surface area contributed by atoms with Crippen molar-refractivity contribution in [1.29, 1.82) is 0 Å². The average Bonchev–Trinajstić information content (AvgIpc) is 1.62. The van der Waals surface area contributed by atoms with Gasteiger partial charge in [-0.15, -0.1) is 0 Å². The fourth-order valence-corrected chi connectivity index (χ4v) is 13.8. The lowest BCUT2D eigenvalue weighted by Gasteiger charge is -2.41. The van der Waals surface area contributed by atoms with Crippen LogP contribution in [0.25, 0.3) is 0 Å². The van der Waals surface area contributed by atoms with Gasteiger partial charge in [0.2, 0.25) is 53.2 Å². The average molecular weight is 1620 g/mol. The minimum atomic E-state index is -1.97. The number of nitrogens with one attached hydrogen (secondary N) is 7. The van der Waals surface area contributed by atoms with Crippen LogP contribution in [0.2, 0.25) is 0 Å². The number of carbonyl (C=O) groups is 12. The van der Waals surface area contributed by atoms with Crippen LogP contribution in [0.3, 0.4) is 0 Å². The molecule has 10 amide bonds. The Morgan fingerprint density at radius 2 is 1.29 bits per heavy atom. The van der Waals surface area contributed by atoms with Gasteiger partial charge in [-0.25, -0.2) is 9.59 Å². The van der Waals surface area contributed by atoms with Crippen molar-refractivity contribution in [3.8, 4) is 0 Å². The molecule has 3 saturated heterocycles. The van der Waals surface area contributed by atoms with Gasteiger partial charge in [0.15, 0.2) is 18.7 Å². The molecule has 3 fully saturated rings. The number of methoxy groups -OCH3 is 2. The third-order valence-corrected chi connectivity index (χ3v) is 20.5. The van der Waals surface area contributed by atoms with Crippen molar-refractivity contribution in [2.24, 2.45) is 29.6 Å². The molecular weight excluding hydrogens is 1500 g/mol. The molecular formula is C76H118N10O28. The van der Waals surface area contributed by atoms with Crippen LogP contribution in [0.1, 0.15) is 133 Å². The number of benzene rings is 2. The van der Waals surface area contributed by atoms with Crippen LogP contribution in [-0.2, 0) is 92.5 Å². The maximum atomic E-state index is 15.0. The highest BCUT2D eigenvalue weighted by molar-refractivity contribution is 5.99. The van der Waals surface area contributed by atoms with E-state index in [9.17, 15) is 98.4 Å². The SMILES string of the molecule is [3H]C(CC(=O)O)C(=O)NCC(=O)NCCC(=O)N[C@H](C(=O)N[C@@H](CO[C@@H]1O[C@H](CO)[C@@H](O)[C@H](O)[C@H]1O)C(=O)Nc1ccc(COC(=O)N(C)[C@H](C(=O)N[C@H](C(=O)N(C)[C@@H]([C@@H](C)CC)[C@@H](CC(=O)N2CCC[C@H]2[C@H](OC)[C@@H](C)C(=O)N[C@H](C)[C@@H](O[C@@H]2O[C@H](C(=O)O)[C@@H](O)[C@H](O)[C@H]2O)c2ccccc2)OC)C(C)C)C(C)C)cc1)C(C)C. The van der Waals surface area contributed by atoms with Crippen LogP contribution in [0.4, 0.5) is 10.5 Å². The number of likely N-dealkylation sites (N-methyl/N-ethyl adjacent to an activating group) is 2. The molecule has 0 aromatic heterocycles. The lowest BCUT2D eigenvalue weighted by molar-refractivity contribution is -0.307. The standard InChI is InChI=1S/C76H118N10O28/c1-15-40(8)58(48(108-13)32-53(91)86-31-19-22-47(86)65(109-14)41(9)68(100)79-42(10)66(44-20-17-16-18-21-44)113-75-64(99)61(96)62(97)67(114-75)73(105)106)84(11)72(104)56(38(4)5)83-71(103)57(39(6)7)85(12)76(107)111-35-43-23-25-45(26-24-43)80-69(101)46(36-110-74-63(98)60(95)59(94)49(34-87)112-74)81-70(102)55(37(2)3)82-51(89)29-30-77-52(90)33-78-50(88)27-28-54(92)93/h16-18,20-21,23-26,37-42,46-49,55-67,74-75,87,94-99H,15,19,22,27-36H2,1-14H3,(H,77,90)(H,78,88)(H,79,100)(H,80,101)(H,81,102)(H,82,89)(H,83,103)(H,92,93)(H,105,106)/t40-,41+,42+,46-,47-,48+,49+,55-,56-,57-,58-,59+,60-,61-,62-,63+,64+,65+,66+,67-,74+,75+/m0/s1/i27T/t27?,40-,41+,42+,46-,47-,48+,49+,55-,56-,57-,58-,59+,60-,61-,62-,63+,64+,65+,66+,67-,74+,75+. The van der Waals surface area contributed by atoms with Crippen molar-refractivity contribution in [1.82, 2.24) is 46.6 Å². The highest BCUT2D eigenvalue weighted by Crippen LogP contribution is 2.34. The number of carboxylic acid groups (broad SMARTS) is 2. The minimum absolute atomic E-state index is 0.125. The Bertz CT molecular complexity index is 3550. The number of hydrogen-bond acceptors (Lipinski definition) is 26. The predicted molar refractivity (Wildman–Crippen MR) is 403 cm³/mol. The molecule has 3 heterocycles. The van der Waals surface area contributed by atoms with Gasteiger partial charge in [-0.05, 0) is 66.7 Å². The molecule has 16 N–H and O–H groups in total. The molecule has 2 aromatic carbocycles. The zero-order valence-corrected chi connectivity index (χ0v) is 66.8. The highest BCUT2D eigenvalue weighted by Gasteiger charge is 2.50. The second-order valence-electron chi connectivity index (χ2n) is 29.9. The van der Waals surface area contributed by atoms with E-state index >= 15 is 0 Å². The Morgan fingerprint density at radius 1 is 0.658 bits per heavy atom. The number of nitrogens with zero attached hydrogens (tertiary/aromatic N) is 3. The van der Waals surface area contributed by atoms with Gasteiger partial charge in [0.25, 0.3) is 0 Å². The van der Waals surface area contributed by atoms with E-state index in [1.807, 2.05) is 13.8 Å². The molecule has 0 bridgehead atoms. The van der Waals surface area contributed by atoms with Crippen molar-refractivity contribution in [3.05, 3.63) is 65.7 Å². The molecule has 1 unspecified atom stereocenters. The van der Waals surface area contributed by atoms with Crippen LogP contribution in [-0.4, -0.2) is 309 Å². The monoisotopic (exact) mass is 1620 g/mol. The summed E-state index contributed by atoms with van der Waals surface area (Å²) in [5.41, 5.74) is 1.00. The first-order valence-electron chi connectivity index (χ1n) is 38.6. The van der Waals surface area contributed by atoms with E-state index in [0.717, 1.165) is 4.90 Å². The number of aliphatic hydroxyl groups is 7. The molecule has 114 heavy (non-hydrogen) atoms. The number of carboxylic acids is 2. The number of likely N-dealkylation sites (tertiary alicyclic amines) is 1. The zero-order chi connectivity index (χ0) is 86.2. The number of carbonyl (C=O) groups excluding carboxylic acids is 10. The first kappa shape index (κ1) is 94.2.